The van der Waals surface area contributed by atoms with Crippen LogP contribution in [-0.2, 0) is 19.1 Å². The van der Waals surface area contributed by atoms with Gasteiger partial charge in [-0.1, -0.05) is 30.1 Å². The minimum Gasteiger partial charge on any atom is -0.467 e. The molecule has 26 heavy (non-hydrogen) atoms. The normalized spacial score (nSPS) is 18.9. The summed E-state index contributed by atoms with van der Waals surface area (Å²) in [7, 11) is 1.31. The first-order valence-electron chi connectivity index (χ1n) is 8.78. The number of rotatable bonds is 8. The van der Waals surface area contributed by atoms with Gasteiger partial charge in [-0.25, -0.2) is 4.79 Å². The van der Waals surface area contributed by atoms with Crippen LogP contribution in [0, 0.1) is 11.3 Å². The van der Waals surface area contributed by atoms with Crippen molar-refractivity contribution in [3.63, 3.8) is 0 Å². The number of benzene rings is 1. The molecule has 0 radical (unpaired) electrons. The van der Waals surface area contributed by atoms with E-state index >= 15 is 0 Å². The molecular formula is C19H23Cl2NO4. The maximum absolute atomic E-state index is 12.9. The first kappa shape index (κ1) is 19.5. The van der Waals surface area contributed by atoms with E-state index in [-0.39, 0.29) is 23.8 Å². The zero-order valence-electron chi connectivity index (χ0n) is 15.0. The van der Waals surface area contributed by atoms with E-state index in [0.29, 0.717) is 22.3 Å². The summed E-state index contributed by atoms with van der Waals surface area (Å²) in [6.45, 7) is 2.77. The van der Waals surface area contributed by atoms with Gasteiger partial charge in [0.15, 0.2) is 6.04 Å². The molecule has 1 unspecified atom stereocenters. The molecule has 1 aromatic rings. The molecule has 142 valence electrons. The largest absolute Gasteiger partial charge is 0.467 e. The number of halogens is 2. The van der Waals surface area contributed by atoms with E-state index in [1.807, 2.05) is 0 Å². The molecule has 3 rings (SSSR count). The minimum atomic E-state index is -0.880. The maximum Gasteiger partial charge on any atom is 0.331 e. The molecule has 0 aromatic heterocycles. The quantitative estimate of drug-likeness (QED) is 0.617. The molecule has 1 amide bonds. The zero-order chi connectivity index (χ0) is 18.9. The van der Waals surface area contributed by atoms with E-state index in [9.17, 15) is 9.59 Å². The molecule has 2 fully saturated rings. The maximum atomic E-state index is 12.9. The van der Waals surface area contributed by atoms with Crippen molar-refractivity contribution in [1.29, 1.82) is 0 Å². The lowest BCUT2D eigenvalue weighted by molar-refractivity contribution is -0.145. The fraction of sp³-hybridized carbons (Fsp3) is 0.579. The van der Waals surface area contributed by atoms with E-state index in [2.05, 4.69) is 6.92 Å². The number of amides is 1. The van der Waals surface area contributed by atoms with Gasteiger partial charge < -0.3 is 9.47 Å². The van der Waals surface area contributed by atoms with E-state index in [1.54, 1.807) is 18.2 Å². The number of carbonyl (C=O) groups is 2. The van der Waals surface area contributed by atoms with Crippen LogP contribution < -0.4 is 4.90 Å². The minimum absolute atomic E-state index is 0.0691. The Morgan fingerprint density at radius 1 is 1.31 bits per heavy atom. The Morgan fingerprint density at radius 2 is 2.00 bits per heavy atom. The highest BCUT2D eigenvalue weighted by Crippen LogP contribution is 2.45. The van der Waals surface area contributed by atoms with Crippen LogP contribution >= 0.6 is 23.2 Å². The van der Waals surface area contributed by atoms with Gasteiger partial charge in [0.25, 0.3) is 0 Å². The predicted octanol–water partition coefficient (Wildman–Crippen LogP) is 4.09. The molecule has 0 heterocycles. The van der Waals surface area contributed by atoms with Gasteiger partial charge in [0.2, 0.25) is 5.91 Å². The SMILES string of the molecule is COC(=O)C(COCC1(C)CC1)N(C(=O)C1CC1)c1ccc(Cl)cc1Cl. The van der Waals surface area contributed by atoms with Gasteiger partial charge in [0.1, 0.15) is 0 Å². The van der Waals surface area contributed by atoms with Gasteiger partial charge in [0, 0.05) is 10.9 Å². The van der Waals surface area contributed by atoms with Crippen molar-refractivity contribution in [3.8, 4) is 0 Å². The highest BCUT2D eigenvalue weighted by Gasteiger charge is 2.42. The van der Waals surface area contributed by atoms with Crippen LogP contribution in [0.4, 0.5) is 5.69 Å². The van der Waals surface area contributed by atoms with Crippen molar-refractivity contribution >= 4 is 40.8 Å². The molecule has 2 saturated carbocycles. The molecule has 7 heteroatoms. The van der Waals surface area contributed by atoms with Crippen molar-refractivity contribution in [2.45, 2.75) is 38.6 Å². The lowest BCUT2D eigenvalue weighted by Gasteiger charge is -2.31. The molecule has 5 nitrogen and oxygen atoms in total. The van der Waals surface area contributed by atoms with Gasteiger partial charge in [-0.05, 0) is 49.3 Å². The number of hydrogen-bond acceptors (Lipinski definition) is 4. The second-order valence-electron chi connectivity index (χ2n) is 7.44. The molecular weight excluding hydrogens is 377 g/mol. The standard InChI is InChI=1S/C19H23Cl2NO4/c1-19(7-8-19)11-26-10-16(18(24)25-2)22(17(23)12-3-4-12)15-6-5-13(20)9-14(15)21/h5-6,9,12,16H,3-4,7-8,10-11H2,1-2H3. The van der Waals surface area contributed by atoms with Gasteiger partial charge in [-0.2, -0.15) is 0 Å². The van der Waals surface area contributed by atoms with Crippen LogP contribution in [0.15, 0.2) is 18.2 Å². The van der Waals surface area contributed by atoms with Crippen molar-refractivity contribution in [1.82, 2.24) is 0 Å². The summed E-state index contributed by atoms with van der Waals surface area (Å²) in [4.78, 5) is 26.8. The van der Waals surface area contributed by atoms with Crippen LogP contribution in [0.25, 0.3) is 0 Å². The molecule has 0 spiro atoms. The Hall–Kier alpha value is -1.30. The molecule has 0 N–H and O–H groups in total. The average molecular weight is 400 g/mol. The molecule has 0 saturated heterocycles. The lowest BCUT2D eigenvalue weighted by atomic mass is 10.1. The monoisotopic (exact) mass is 399 g/mol. The van der Waals surface area contributed by atoms with Crippen molar-refractivity contribution < 1.29 is 19.1 Å². The molecule has 0 bridgehead atoms. The number of ether oxygens (including phenoxy) is 2. The Labute approximate surface area is 163 Å². The van der Waals surface area contributed by atoms with E-state index in [1.165, 1.54) is 12.0 Å². The summed E-state index contributed by atoms with van der Waals surface area (Å²) >= 11 is 12.3. The zero-order valence-corrected chi connectivity index (χ0v) is 16.5. The Bertz CT molecular complexity index is 701. The third-order valence-electron chi connectivity index (χ3n) is 4.95. The molecule has 1 aromatic carbocycles. The second-order valence-corrected chi connectivity index (χ2v) is 8.29. The van der Waals surface area contributed by atoms with Crippen molar-refractivity contribution in [2.75, 3.05) is 25.2 Å². The number of anilines is 1. The Kier molecular flexibility index (Phi) is 5.80. The van der Waals surface area contributed by atoms with Gasteiger partial charge in [0.05, 0.1) is 31.0 Å². The lowest BCUT2D eigenvalue weighted by Crippen LogP contribution is -2.49. The molecule has 2 aliphatic rings. The summed E-state index contributed by atoms with van der Waals surface area (Å²) in [5, 5.41) is 0.777. The summed E-state index contributed by atoms with van der Waals surface area (Å²) in [6, 6.07) is 3.99. The first-order valence-corrected chi connectivity index (χ1v) is 9.54. The van der Waals surface area contributed by atoms with Crippen LogP contribution in [0.2, 0.25) is 10.0 Å². The summed E-state index contributed by atoms with van der Waals surface area (Å²) in [5.74, 6) is -0.744. The van der Waals surface area contributed by atoms with Crippen molar-refractivity contribution in [2.24, 2.45) is 11.3 Å². The number of methoxy groups -OCH3 is 1. The smallest absolute Gasteiger partial charge is 0.331 e. The van der Waals surface area contributed by atoms with Crippen LogP contribution in [0.1, 0.15) is 32.6 Å². The molecule has 2 aliphatic carbocycles. The van der Waals surface area contributed by atoms with Gasteiger partial charge >= 0.3 is 5.97 Å². The Morgan fingerprint density at radius 3 is 2.54 bits per heavy atom. The third-order valence-corrected chi connectivity index (χ3v) is 5.49. The molecule has 1 atom stereocenters. The number of esters is 1. The van der Waals surface area contributed by atoms with Crippen LogP contribution in [-0.4, -0.2) is 38.2 Å². The van der Waals surface area contributed by atoms with Crippen molar-refractivity contribution in [3.05, 3.63) is 28.2 Å². The summed E-state index contributed by atoms with van der Waals surface area (Å²) < 4.78 is 10.7. The fourth-order valence-corrected chi connectivity index (χ4v) is 3.30. The average Bonchev–Trinajstić information content (AvgIpc) is 3.51. The fourth-order valence-electron chi connectivity index (χ4n) is 2.80. The Balaban J connectivity index is 1.86. The number of carbonyl (C=O) groups excluding carboxylic acids is 2. The van der Waals surface area contributed by atoms with E-state index < -0.39 is 12.0 Å². The van der Waals surface area contributed by atoms with Crippen LogP contribution in [0.3, 0.4) is 0 Å². The van der Waals surface area contributed by atoms with Gasteiger partial charge in [-0.3, -0.25) is 9.69 Å². The molecule has 0 aliphatic heterocycles. The highest BCUT2D eigenvalue weighted by molar-refractivity contribution is 6.37. The number of nitrogens with zero attached hydrogens (tertiary/aromatic N) is 1. The van der Waals surface area contributed by atoms with E-state index in [0.717, 1.165) is 25.7 Å². The predicted molar refractivity (Wildman–Crippen MR) is 101 cm³/mol. The van der Waals surface area contributed by atoms with E-state index in [4.69, 9.17) is 32.7 Å². The summed E-state index contributed by atoms with van der Waals surface area (Å²) in [5.41, 5.74) is 0.633. The second kappa shape index (κ2) is 7.75. The number of hydrogen-bond donors (Lipinski definition) is 0. The summed E-state index contributed by atoms with van der Waals surface area (Å²) in [6.07, 6.45) is 3.86. The van der Waals surface area contributed by atoms with Gasteiger partial charge in [-0.15, -0.1) is 0 Å². The topological polar surface area (TPSA) is 55.8 Å². The first-order chi connectivity index (χ1) is 12.3. The van der Waals surface area contributed by atoms with Crippen LogP contribution in [0.5, 0.6) is 0 Å². The third kappa shape index (κ3) is 4.51. The highest BCUT2D eigenvalue weighted by atomic mass is 35.5.